The highest BCUT2D eigenvalue weighted by atomic mass is 16.5. The highest BCUT2D eigenvalue weighted by molar-refractivity contribution is 5.98. The smallest absolute Gasteiger partial charge is 0.260 e. The van der Waals surface area contributed by atoms with Crippen molar-refractivity contribution in [2.45, 2.75) is 26.7 Å². The van der Waals surface area contributed by atoms with E-state index < -0.39 is 0 Å². The van der Waals surface area contributed by atoms with Crippen LogP contribution in [-0.2, 0) is 4.79 Å². The van der Waals surface area contributed by atoms with Crippen LogP contribution in [0.1, 0.15) is 41.3 Å². The quantitative estimate of drug-likeness (QED) is 0.651. The van der Waals surface area contributed by atoms with Crippen LogP contribution in [0, 0.1) is 12.8 Å². The number of aryl methyl sites for hydroxylation is 1. The maximum Gasteiger partial charge on any atom is 0.260 e. The fourth-order valence-corrected chi connectivity index (χ4v) is 4.56. The van der Waals surface area contributed by atoms with E-state index in [0.29, 0.717) is 36.6 Å². The average Bonchev–Trinajstić information content (AvgIpc) is 3.50. The molecule has 170 valence electrons. The number of H-pyrrole nitrogens is 1. The average molecular weight is 446 g/mol. The van der Waals surface area contributed by atoms with Crippen LogP contribution in [0.5, 0.6) is 5.75 Å². The molecule has 3 heterocycles. The Labute approximate surface area is 192 Å². The Bertz CT molecular complexity index is 1260. The fraction of sp³-hybridized carbons (Fsp3) is 0.360. The minimum atomic E-state index is -0.0660. The van der Waals surface area contributed by atoms with Gasteiger partial charge in [0.05, 0.1) is 5.52 Å². The van der Waals surface area contributed by atoms with Gasteiger partial charge in [-0.3, -0.25) is 14.7 Å². The lowest BCUT2D eigenvalue weighted by Crippen LogP contribution is -2.35. The highest BCUT2D eigenvalue weighted by Gasteiger charge is 2.37. The number of rotatable bonds is 5. The summed E-state index contributed by atoms with van der Waals surface area (Å²) < 4.78 is 5.93. The standard InChI is InChI=1S/C25H27N5O3/c1-15(2)20-6-4-16(3)8-23(20)33-14-24(31)29-10-18-12-30(13-19(18)11-29)25(32)17-5-7-21-22(9-17)27-28-26-21/h4-9,12,15,19H,10-11,13-14H2,1-3H3,(H,26,27,28)/t19-/m0/s1. The van der Waals surface area contributed by atoms with Gasteiger partial charge in [-0.1, -0.05) is 31.2 Å². The van der Waals surface area contributed by atoms with E-state index in [4.69, 9.17) is 4.74 Å². The van der Waals surface area contributed by atoms with Gasteiger partial charge < -0.3 is 14.5 Å². The van der Waals surface area contributed by atoms with Gasteiger partial charge >= 0.3 is 0 Å². The van der Waals surface area contributed by atoms with E-state index in [9.17, 15) is 9.59 Å². The lowest BCUT2D eigenvalue weighted by molar-refractivity contribution is -0.132. The summed E-state index contributed by atoms with van der Waals surface area (Å²) >= 11 is 0. The van der Waals surface area contributed by atoms with Gasteiger partial charge in [0, 0.05) is 37.3 Å². The van der Waals surface area contributed by atoms with Gasteiger partial charge in [0.2, 0.25) is 0 Å². The SMILES string of the molecule is Cc1ccc(C(C)C)c(OCC(=O)N2CC3=CN(C(=O)c4ccc5[nH]nnc5c4)C[C@@H]3C2)c1. The van der Waals surface area contributed by atoms with Crippen LogP contribution in [0.4, 0.5) is 0 Å². The van der Waals surface area contributed by atoms with Crippen molar-refractivity contribution in [2.24, 2.45) is 5.92 Å². The molecule has 8 nitrogen and oxygen atoms in total. The molecule has 33 heavy (non-hydrogen) atoms. The van der Waals surface area contributed by atoms with Crippen molar-refractivity contribution in [3.05, 3.63) is 64.9 Å². The van der Waals surface area contributed by atoms with Crippen LogP contribution in [0.25, 0.3) is 11.0 Å². The zero-order valence-corrected chi connectivity index (χ0v) is 19.0. The van der Waals surface area contributed by atoms with Crippen molar-refractivity contribution in [1.29, 1.82) is 0 Å². The molecular formula is C25H27N5O3. The van der Waals surface area contributed by atoms with Gasteiger partial charge in [-0.25, -0.2) is 0 Å². The second-order valence-corrected chi connectivity index (χ2v) is 9.16. The summed E-state index contributed by atoms with van der Waals surface area (Å²) in [5.41, 5.74) is 5.36. The predicted octanol–water partition coefficient (Wildman–Crippen LogP) is 3.27. The van der Waals surface area contributed by atoms with Crippen LogP contribution in [-0.4, -0.2) is 63.3 Å². The maximum atomic E-state index is 13.0. The molecule has 1 atom stereocenters. The molecule has 0 unspecified atom stereocenters. The normalized spacial score (nSPS) is 17.6. The Morgan fingerprint density at radius 2 is 2.03 bits per heavy atom. The topological polar surface area (TPSA) is 91.4 Å². The summed E-state index contributed by atoms with van der Waals surface area (Å²) in [6.07, 6.45) is 1.89. The molecule has 0 spiro atoms. The molecular weight excluding hydrogens is 418 g/mol. The van der Waals surface area contributed by atoms with E-state index in [1.54, 1.807) is 17.0 Å². The molecule has 8 heteroatoms. The molecule has 0 saturated carbocycles. The molecule has 2 amide bonds. The van der Waals surface area contributed by atoms with Crippen molar-refractivity contribution in [1.82, 2.24) is 25.2 Å². The second kappa shape index (κ2) is 8.35. The van der Waals surface area contributed by atoms with Crippen molar-refractivity contribution in [3.63, 3.8) is 0 Å². The summed E-state index contributed by atoms with van der Waals surface area (Å²) in [5.74, 6) is 1.16. The first-order valence-electron chi connectivity index (χ1n) is 11.2. The number of hydrogen-bond donors (Lipinski definition) is 1. The van der Waals surface area contributed by atoms with Crippen LogP contribution in [0.3, 0.4) is 0 Å². The minimum absolute atomic E-state index is 0.0174. The highest BCUT2D eigenvalue weighted by Crippen LogP contribution is 2.31. The van der Waals surface area contributed by atoms with E-state index in [2.05, 4.69) is 41.4 Å². The van der Waals surface area contributed by atoms with Gasteiger partial charge in [-0.05, 0) is 53.8 Å². The molecule has 2 aliphatic heterocycles. The fourth-order valence-electron chi connectivity index (χ4n) is 4.56. The number of aromatic nitrogens is 3. The summed E-state index contributed by atoms with van der Waals surface area (Å²) in [4.78, 5) is 29.3. The molecule has 1 aromatic heterocycles. The Kier molecular flexibility index (Phi) is 5.36. The molecule has 0 radical (unpaired) electrons. The van der Waals surface area contributed by atoms with E-state index in [0.717, 1.165) is 28.0 Å². The molecule has 1 fully saturated rings. The molecule has 0 bridgehead atoms. The zero-order chi connectivity index (χ0) is 23.1. The van der Waals surface area contributed by atoms with E-state index in [1.165, 1.54) is 0 Å². The van der Waals surface area contributed by atoms with Gasteiger partial charge in [0.25, 0.3) is 11.8 Å². The third-order valence-corrected chi connectivity index (χ3v) is 6.41. The number of ether oxygens (including phenoxy) is 1. The van der Waals surface area contributed by atoms with Crippen molar-refractivity contribution >= 4 is 22.8 Å². The Hall–Kier alpha value is -3.68. The molecule has 3 aromatic rings. The van der Waals surface area contributed by atoms with Crippen molar-refractivity contribution in [3.8, 4) is 5.75 Å². The number of hydrogen-bond acceptors (Lipinski definition) is 5. The molecule has 1 saturated heterocycles. The lowest BCUT2D eigenvalue weighted by Gasteiger charge is -2.21. The number of aromatic amines is 1. The third-order valence-electron chi connectivity index (χ3n) is 6.41. The van der Waals surface area contributed by atoms with E-state index >= 15 is 0 Å². The van der Waals surface area contributed by atoms with Crippen molar-refractivity contribution < 1.29 is 14.3 Å². The summed E-state index contributed by atoms with van der Waals surface area (Å²) in [6.45, 7) is 7.97. The minimum Gasteiger partial charge on any atom is -0.483 e. The third kappa shape index (κ3) is 4.08. The van der Waals surface area contributed by atoms with Crippen molar-refractivity contribution in [2.75, 3.05) is 26.2 Å². The largest absolute Gasteiger partial charge is 0.483 e. The number of carbonyl (C=O) groups excluding carboxylic acids is 2. The molecule has 0 aliphatic carbocycles. The molecule has 2 aromatic carbocycles. The maximum absolute atomic E-state index is 13.0. The Morgan fingerprint density at radius 1 is 1.18 bits per heavy atom. The van der Waals surface area contributed by atoms with E-state index in [1.807, 2.05) is 30.2 Å². The second-order valence-electron chi connectivity index (χ2n) is 9.16. The van der Waals surface area contributed by atoms with Crippen LogP contribution < -0.4 is 4.74 Å². The lowest BCUT2D eigenvalue weighted by atomic mass is 10.0. The number of benzene rings is 2. The predicted molar refractivity (Wildman–Crippen MR) is 124 cm³/mol. The number of carbonyl (C=O) groups is 2. The van der Waals surface area contributed by atoms with Gasteiger partial charge in [-0.2, -0.15) is 0 Å². The summed E-state index contributed by atoms with van der Waals surface area (Å²) in [7, 11) is 0. The molecule has 1 N–H and O–H groups in total. The monoisotopic (exact) mass is 445 g/mol. The van der Waals surface area contributed by atoms with Crippen LogP contribution in [0.2, 0.25) is 0 Å². The first-order valence-corrected chi connectivity index (χ1v) is 11.2. The number of fused-ring (bicyclic) bond motifs is 2. The van der Waals surface area contributed by atoms with Gasteiger partial charge in [0.1, 0.15) is 11.3 Å². The first kappa shape index (κ1) is 21.2. The molecule has 2 aliphatic rings. The Balaban J connectivity index is 1.21. The van der Waals surface area contributed by atoms with Gasteiger partial charge in [-0.15, -0.1) is 5.10 Å². The van der Waals surface area contributed by atoms with Crippen LogP contribution in [0.15, 0.2) is 48.2 Å². The Morgan fingerprint density at radius 3 is 2.82 bits per heavy atom. The summed E-state index contributed by atoms with van der Waals surface area (Å²) in [6, 6.07) is 11.5. The number of likely N-dealkylation sites (tertiary alicyclic amines) is 1. The number of amides is 2. The van der Waals surface area contributed by atoms with E-state index in [-0.39, 0.29) is 24.3 Å². The number of nitrogens with zero attached hydrogens (tertiary/aromatic N) is 4. The zero-order valence-electron chi connectivity index (χ0n) is 19.0. The molecule has 5 rings (SSSR count). The first-order chi connectivity index (χ1) is 15.9. The summed E-state index contributed by atoms with van der Waals surface area (Å²) in [5, 5.41) is 10.5. The van der Waals surface area contributed by atoms with Gasteiger partial charge in [0.15, 0.2) is 6.61 Å². The number of nitrogens with one attached hydrogen (secondary N) is 1. The van der Waals surface area contributed by atoms with Crippen LogP contribution >= 0.6 is 0 Å².